The molecule has 6 heteroatoms. The van der Waals surface area contributed by atoms with Crippen molar-refractivity contribution < 1.29 is 4.74 Å². The predicted molar refractivity (Wildman–Crippen MR) is 94.0 cm³/mol. The minimum atomic E-state index is 0. The largest absolute Gasteiger partial charge is 0.373 e. The normalized spacial score (nSPS) is 28.1. The quantitative estimate of drug-likeness (QED) is 0.709. The number of guanidine groups is 1. The molecule has 0 bridgehead atoms. The lowest BCUT2D eigenvalue weighted by atomic mass is 10.00. The Kier molecular flexibility index (Phi) is 7.00. The molecule has 0 aromatic rings. The second kappa shape index (κ2) is 7.79. The zero-order valence-corrected chi connectivity index (χ0v) is 15.4. The van der Waals surface area contributed by atoms with Gasteiger partial charge in [0.15, 0.2) is 5.96 Å². The molecule has 2 N–H and O–H groups in total. The van der Waals surface area contributed by atoms with E-state index in [0.29, 0.717) is 12.2 Å². The highest BCUT2D eigenvalue weighted by atomic mass is 127. The van der Waals surface area contributed by atoms with E-state index in [4.69, 9.17) is 4.74 Å². The monoisotopic (exact) mass is 396 g/mol. The molecule has 0 aromatic carbocycles. The average Bonchev–Trinajstić information content (AvgIpc) is 2.37. The Labute approximate surface area is 139 Å². The van der Waals surface area contributed by atoms with Crippen molar-refractivity contribution in [3.63, 3.8) is 0 Å². The van der Waals surface area contributed by atoms with Crippen molar-refractivity contribution >= 4 is 29.9 Å². The zero-order chi connectivity index (χ0) is 13.9. The van der Waals surface area contributed by atoms with Crippen LogP contribution >= 0.6 is 24.0 Å². The standard InChI is InChI=1S/C14H28N4O.HI/c1-11-8-18(9-12(2)19-11)14(3,4)10-17-13-15-6-5-7-16-13;/h11-12H,5-10H2,1-4H3,(H2,15,16,17);1H. The first kappa shape index (κ1) is 18.0. The second-order valence-corrected chi connectivity index (χ2v) is 6.34. The average molecular weight is 396 g/mol. The molecule has 0 amide bonds. The summed E-state index contributed by atoms with van der Waals surface area (Å²) in [6, 6.07) is 0. The zero-order valence-electron chi connectivity index (χ0n) is 13.1. The highest BCUT2D eigenvalue weighted by Crippen LogP contribution is 2.20. The van der Waals surface area contributed by atoms with Crippen LogP contribution < -0.4 is 10.6 Å². The molecule has 2 heterocycles. The molecule has 2 aliphatic rings. The first-order valence-electron chi connectivity index (χ1n) is 7.40. The number of nitrogens with zero attached hydrogens (tertiary/aromatic N) is 2. The van der Waals surface area contributed by atoms with Gasteiger partial charge in [0.1, 0.15) is 0 Å². The lowest BCUT2D eigenvalue weighted by molar-refractivity contribution is -0.0946. The molecule has 0 aromatic heterocycles. The van der Waals surface area contributed by atoms with Crippen molar-refractivity contribution in [2.45, 2.75) is 51.9 Å². The predicted octanol–water partition coefficient (Wildman–Crippen LogP) is 1.43. The Morgan fingerprint density at radius 1 is 1.35 bits per heavy atom. The maximum Gasteiger partial charge on any atom is 0.191 e. The first-order valence-corrected chi connectivity index (χ1v) is 7.40. The Morgan fingerprint density at radius 2 is 2.00 bits per heavy atom. The second-order valence-electron chi connectivity index (χ2n) is 6.34. The van der Waals surface area contributed by atoms with Crippen LogP contribution in [0.3, 0.4) is 0 Å². The van der Waals surface area contributed by atoms with Gasteiger partial charge < -0.3 is 15.4 Å². The third-order valence-corrected chi connectivity index (χ3v) is 3.86. The molecule has 2 rings (SSSR count). The fourth-order valence-electron chi connectivity index (χ4n) is 2.73. The van der Waals surface area contributed by atoms with Gasteiger partial charge in [-0.3, -0.25) is 9.89 Å². The maximum atomic E-state index is 5.81. The lowest BCUT2D eigenvalue weighted by Crippen LogP contribution is -2.59. The van der Waals surface area contributed by atoms with Crippen molar-refractivity contribution in [3.8, 4) is 0 Å². The molecule has 2 unspecified atom stereocenters. The molecule has 0 radical (unpaired) electrons. The van der Waals surface area contributed by atoms with Crippen molar-refractivity contribution in [3.05, 3.63) is 0 Å². The van der Waals surface area contributed by atoms with Crippen LogP contribution in [0.2, 0.25) is 0 Å². The third-order valence-electron chi connectivity index (χ3n) is 3.86. The van der Waals surface area contributed by atoms with Gasteiger partial charge in [-0.1, -0.05) is 0 Å². The molecule has 20 heavy (non-hydrogen) atoms. The number of rotatable bonds is 3. The molecule has 2 atom stereocenters. The summed E-state index contributed by atoms with van der Waals surface area (Å²) < 4.78 is 5.81. The van der Waals surface area contributed by atoms with E-state index in [-0.39, 0.29) is 29.5 Å². The van der Waals surface area contributed by atoms with Gasteiger partial charge in [-0.05, 0) is 34.1 Å². The van der Waals surface area contributed by atoms with Gasteiger partial charge in [-0.25, -0.2) is 0 Å². The summed E-state index contributed by atoms with van der Waals surface area (Å²) in [7, 11) is 0. The van der Waals surface area contributed by atoms with Crippen LogP contribution in [0.4, 0.5) is 0 Å². The van der Waals surface area contributed by atoms with Gasteiger partial charge in [-0.2, -0.15) is 0 Å². The molecule has 2 aliphatic heterocycles. The molecular weight excluding hydrogens is 367 g/mol. The molecule has 0 aliphatic carbocycles. The molecule has 1 fully saturated rings. The van der Waals surface area contributed by atoms with E-state index in [1.54, 1.807) is 0 Å². The Balaban J connectivity index is 0.00000200. The Hall–Kier alpha value is -0.0800. The summed E-state index contributed by atoms with van der Waals surface area (Å²) in [5.74, 6) is 0.952. The summed E-state index contributed by atoms with van der Waals surface area (Å²) in [5.41, 5.74) is 0.105. The topological polar surface area (TPSA) is 48.9 Å². The van der Waals surface area contributed by atoms with E-state index in [1.807, 2.05) is 0 Å². The number of hydrogen-bond donors (Lipinski definition) is 2. The summed E-state index contributed by atoms with van der Waals surface area (Å²) in [6.07, 6.45) is 1.76. The number of halogens is 1. The van der Waals surface area contributed by atoms with Gasteiger partial charge in [0.25, 0.3) is 0 Å². The molecule has 1 saturated heterocycles. The smallest absolute Gasteiger partial charge is 0.191 e. The van der Waals surface area contributed by atoms with E-state index >= 15 is 0 Å². The van der Waals surface area contributed by atoms with Crippen LogP contribution in [0.25, 0.3) is 0 Å². The van der Waals surface area contributed by atoms with Crippen LogP contribution in [0.15, 0.2) is 4.99 Å². The van der Waals surface area contributed by atoms with Gasteiger partial charge >= 0.3 is 0 Å². The number of aliphatic imine (C=N–C) groups is 1. The first-order chi connectivity index (χ1) is 8.97. The van der Waals surface area contributed by atoms with Crippen molar-refractivity contribution in [2.24, 2.45) is 4.99 Å². The number of ether oxygens (including phenoxy) is 1. The fourth-order valence-corrected chi connectivity index (χ4v) is 2.73. The number of morpholine rings is 1. The van der Waals surface area contributed by atoms with Gasteiger partial charge in [0.05, 0.1) is 12.2 Å². The van der Waals surface area contributed by atoms with Gasteiger partial charge in [-0.15, -0.1) is 24.0 Å². The lowest BCUT2D eigenvalue weighted by Gasteiger charge is -2.45. The summed E-state index contributed by atoms with van der Waals surface area (Å²) in [5, 5.41) is 6.75. The van der Waals surface area contributed by atoms with Crippen molar-refractivity contribution in [2.75, 3.05) is 32.7 Å². The number of hydrogen-bond acceptors (Lipinski definition) is 5. The number of nitrogens with one attached hydrogen (secondary N) is 2. The highest BCUT2D eigenvalue weighted by Gasteiger charge is 2.33. The SMILES string of the molecule is CC1CN(C(C)(C)CNC2=NCCCN2)CC(C)O1.I. The van der Waals surface area contributed by atoms with E-state index in [9.17, 15) is 0 Å². The summed E-state index contributed by atoms with van der Waals surface area (Å²) in [6.45, 7) is 13.7. The highest BCUT2D eigenvalue weighted by molar-refractivity contribution is 14.0. The molecular formula is C14H29IN4O. The molecule has 0 spiro atoms. The van der Waals surface area contributed by atoms with Crippen LogP contribution in [-0.4, -0.2) is 61.3 Å². The molecule has 0 saturated carbocycles. The van der Waals surface area contributed by atoms with Gasteiger partial charge in [0.2, 0.25) is 0 Å². The molecule has 5 nitrogen and oxygen atoms in total. The van der Waals surface area contributed by atoms with Crippen LogP contribution in [0.1, 0.15) is 34.1 Å². The van der Waals surface area contributed by atoms with E-state index in [2.05, 4.69) is 48.2 Å². The van der Waals surface area contributed by atoms with Gasteiger partial charge in [0, 0.05) is 38.3 Å². The van der Waals surface area contributed by atoms with Crippen LogP contribution in [0, 0.1) is 0 Å². The van der Waals surface area contributed by atoms with Crippen LogP contribution in [-0.2, 0) is 4.74 Å². The third kappa shape index (κ3) is 5.04. The Morgan fingerprint density at radius 3 is 2.55 bits per heavy atom. The molecule has 118 valence electrons. The van der Waals surface area contributed by atoms with Crippen LogP contribution in [0.5, 0.6) is 0 Å². The fraction of sp³-hybridized carbons (Fsp3) is 0.929. The minimum Gasteiger partial charge on any atom is -0.373 e. The van der Waals surface area contributed by atoms with E-state index in [0.717, 1.165) is 45.1 Å². The van der Waals surface area contributed by atoms with Crippen molar-refractivity contribution in [1.29, 1.82) is 0 Å². The van der Waals surface area contributed by atoms with Crippen molar-refractivity contribution in [1.82, 2.24) is 15.5 Å². The maximum absolute atomic E-state index is 5.81. The minimum absolute atomic E-state index is 0. The summed E-state index contributed by atoms with van der Waals surface area (Å²) >= 11 is 0. The summed E-state index contributed by atoms with van der Waals surface area (Å²) in [4.78, 5) is 6.97. The Bertz CT molecular complexity index is 325. The van der Waals surface area contributed by atoms with E-state index in [1.165, 1.54) is 0 Å². The van der Waals surface area contributed by atoms with E-state index < -0.39 is 0 Å².